The molecule has 0 aromatic rings. The van der Waals surface area contributed by atoms with E-state index in [-0.39, 0.29) is 12.0 Å². The third-order valence-corrected chi connectivity index (χ3v) is 2.98. The van der Waals surface area contributed by atoms with Crippen LogP contribution >= 0.6 is 0 Å². The molecule has 0 heterocycles. The highest BCUT2D eigenvalue weighted by atomic mass is 16.5. The third kappa shape index (κ3) is 2.69. The minimum Gasteiger partial charge on any atom is -0.481 e. The van der Waals surface area contributed by atoms with Crippen LogP contribution in [-0.4, -0.2) is 49.3 Å². The lowest BCUT2D eigenvalue weighted by Crippen LogP contribution is -2.48. The minimum atomic E-state index is -0.653. The Morgan fingerprint density at radius 3 is 2.71 bits per heavy atom. The van der Waals surface area contributed by atoms with Gasteiger partial charge in [-0.3, -0.25) is 4.79 Å². The molecule has 1 fully saturated rings. The molecule has 0 aromatic carbocycles. The summed E-state index contributed by atoms with van der Waals surface area (Å²) in [5.41, 5.74) is 0. The molecule has 0 bridgehead atoms. The average Bonchev–Trinajstić information content (AvgIpc) is 2.01. The predicted molar refractivity (Wildman–Crippen MR) is 53.3 cm³/mol. The Balaban J connectivity index is 2.23. The fraction of sp³-hybridized carbons (Fsp3) is 0.900. The molecule has 4 heteroatoms. The first-order valence-electron chi connectivity index (χ1n) is 5.08. The summed E-state index contributed by atoms with van der Waals surface area (Å²) in [7, 11) is 3.68. The van der Waals surface area contributed by atoms with Crippen LogP contribution in [0.5, 0.6) is 0 Å². The van der Waals surface area contributed by atoms with Gasteiger partial charge in [-0.2, -0.15) is 0 Å². The van der Waals surface area contributed by atoms with Gasteiger partial charge in [0.25, 0.3) is 0 Å². The first kappa shape index (κ1) is 11.5. The van der Waals surface area contributed by atoms with E-state index in [1.807, 2.05) is 7.05 Å². The van der Waals surface area contributed by atoms with Crippen LogP contribution in [0.4, 0.5) is 0 Å². The van der Waals surface area contributed by atoms with Gasteiger partial charge in [0, 0.05) is 26.3 Å². The molecule has 4 nitrogen and oxygen atoms in total. The molecule has 0 aromatic heterocycles. The van der Waals surface area contributed by atoms with Crippen LogP contribution in [0.3, 0.4) is 0 Å². The number of carbonyl (C=O) groups is 1. The van der Waals surface area contributed by atoms with Crippen LogP contribution < -0.4 is 0 Å². The zero-order chi connectivity index (χ0) is 10.6. The first-order valence-corrected chi connectivity index (χ1v) is 5.08. The maximum absolute atomic E-state index is 10.8. The van der Waals surface area contributed by atoms with E-state index in [4.69, 9.17) is 9.84 Å². The van der Waals surface area contributed by atoms with Crippen LogP contribution in [-0.2, 0) is 9.53 Å². The number of hydrogen-bond acceptors (Lipinski definition) is 3. The molecule has 0 radical (unpaired) electrons. The maximum atomic E-state index is 10.8. The summed E-state index contributed by atoms with van der Waals surface area (Å²) in [4.78, 5) is 12.9. The van der Waals surface area contributed by atoms with Crippen LogP contribution in [0, 0.1) is 5.92 Å². The Labute approximate surface area is 84.8 Å². The first-order chi connectivity index (χ1) is 6.66. The molecule has 82 valence electrons. The molecule has 0 aliphatic heterocycles. The van der Waals surface area contributed by atoms with Crippen molar-refractivity contribution in [3.05, 3.63) is 0 Å². The van der Waals surface area contributed by atoms with E-state index < -0.39 is 5.97 Å². The summed E-state index contributed by atoms with van der Waals surface area (Å²) >= 11 is 0. The number of carboxylic acids is 1. The van der Waals surface area contributed by atoms with Gasteiger partial charge in [0.15, 0.2) is 0 Å². The zero-order valence-corrected chi connectivity index (χ0v) is 8.90. The van der Waals surface area contributed by atoms with Crippen molar-refractivity contribution in [2.75, 3.05) is 27.3 Å². The second-order valence-corrected chi connectivity index (χ2v) is 3.92. The topological polar surface area (TPSA) is 49.8 Å². The molecule has 14 heavy (non-hydrogen) atoms. The molecule has 0 spiro atoms. The van der Waals surface area contributed by atoms with Gasteiger partial charge < -0.3 is 14.7 Å². The SMILES string of the molecule is COCCCN(C)C1CCC1C(=O)O. The molecule has 0 amide bonds. The zero-order valence-electron chi connectivity index (χ0n) is 8.90. The van der Waals surface area contributed by atoms with E-state index in [2.05, 4.69) is 4.90 Å². The second-order valence-electron chi connectivity index (χ2n) is 3.92. The van der Waals surface area contributed by atoms with E-state index in [1.54, 1.807) is 7.11 Å². The molecular formula is C10H19NO3. The van der Waals surface area contributed by atoms with Crippen LogP contribution in [0.15, 0.2) is 0 Å². The Hall–Kier alpha value is -0.610. The van der Waals surface area contributed by atoms with E-state index in [0.717, 1.165) is 32.4 Å². The van der Waals surface area contributed by atoms with Crippen molar-refractivity contribution in [3.63, 3.8) is 0 Å². The number of carboxylic acid groups (broad SMARTS) is 1. The molecule has 2 unspecified atom stereocenters. The maximum Gasteiger partial charge on any atom is 0.308 e. The highest BCUT2D eigenvalue weighted by Crippen LogP contribution is 2.31. The van der Waals surface area contributed by atoms with E-state index in [1.165, 1.54) is 0 Å². The Bertz CT molecular complexity index is 196. The van der Waals surface area contributed by atoms with Crippen molar-refractivity contribution in [3.8, 4) is 0 Å². The average molecular weight is 201 g/mol. The standard InChI is InChI=1S/C10H19NO3/c1-11(6-3-7-14-2)9-5-4-8(9)10(12)13/h8-9H,3-7H2,1-2H3,(H,12,13). The normalized spacial score (nSPS) is 26.2. The predicted octanol–water partition coefficient (Wildman–Crippen LogP) is 0.818. The van der Waals surface area contributed by atoms with Gasteiger partial charge >= 0.3 is 5.97 Å². The van der Waals surface area contributed by atoms with Gasteiger partial charge in [0.1, 0.15) is 0 Å². The summed E-state index contributed by atoms with van der Waals surface area (Å²) in [6.07, 6.45) is 2.81. The van der Waals surface area contributed by atoms with Gasteiger partial charge in [-0.25, -0.2) is 0 Å². The van der Waals surface area contributed by atoms with E-state index in [0.29, 0.717) is 0 Å². The van der Waals surface area contributed by atoms with Gasteiger partial charge in [-0.1, -0.05) is 0 Å². The molecule has 0 saturated heterocycles. The quantitative estimate of drug-likeness (QED) is 0.646. The highest BCUT2D eigenvalue weighted by molar-refractivity contribution is 5.72. The second kappa shape index (κ2) is 5.32. The fourth-order valence-electron chi connectivity index (χ4n) is 1.92. The van der Waals surface area contributed by atoms with Gasteiger partial charge in [0.2, 0.25) is 0 Å². The molecule has 1 saturated carbocycles. The molecule has 1 N–H and O–H groups in total. The largest absolute Gasteiger partial charge is 0.481 e. The number of aliphatic carboxylic acids is 1. The Morgan fingerprint density at radius 2 is 2.29 bits per heavy atom. The third-order valence-electron chi connectivity index (χ3n) is 2.98. The number of rotatable bonds is 6. The van der Waals surface area contributed by atoms with E-state index >= 15 is 0 Å². The smallest absolute Gasteiger partial charge is 0.308 e. The Kier molecular flexibility index (Phi) is 4.35. The van der Waals surface area contributed by atoms with E-state index in [9.17, 15) is 4.79 Å². The molecule has 2 atom stereocenters. The monoisotopic (exact) mass is 201 g/mol. The van der Waals surface area contributed by atoms with Crippen molar-refractivity contribution in [2.24, 2.45) is 5.92 Å². The van der Waals surface area contributed by atoms with Crippen molar-refractivity contribution < 1.29 is 14.6 Å². The lowest BCUT2D eigenvalue weighted by Gasteiger charge is -2.40. The lowest BCUT2D eigenvalue weighted by atomic mass is 9.78. The van der Waals surface area contributed by atoms with Crippen molar-refractivity contribution in [2.45, 2.75) is 25.3 Å². The molecule has 1 aliphatic rings. The van der Waals surface area contributed by atoms with Crippen LogP contribution in [0.2, 0.25) is 0 Å². The fourth-order valence-corrected chi connectivity index (χ4v) is 1.92. The van der Waals surface area contributed by atoms with Crippen molar-refractivity contribution in [1.29, 1.82) is 0 Å². The summed E-state index contributed by atoms with van der Waals surface area (Å²) in [6, 6.07) is 0.240. The number of nitrogens with zero attached hydrogens (tertiary/aromatic N) is 1. The molecular weight excluding hydrogens is 182 g/mol. The highest BCUT2D eigenvalue weighted by Gasteiger charge is 2.38. The van der Waals surface area contributed by atoms with Gasteiger partial charge in [0.05, 0.1) is 5.92 Å². The van der Waals surface area contributed by atoms with Gasteiger partial charge in [-0.05, 0) is 26.3 Å². The molecule has 1 aliphatic carbocycles. The Morgan fingerprint density at radius 1 is 1.57 bits per heavy atom. The molecule has 1 rings (SSSR count). The summed E-state index contributed by atoms with van der Waals surface area (Å²) in [6.45, 7) is 1.66. The lowest BCUT2D eigenvalue weighted by molar-refractivity contribution is -0.148. The van der Waals surface area contributed by atoms with Crippen molar-refractivity contribution in [1.82, 2.24) is 4.90 Å². The summed E-state index contributed by atoms with van der Waals surface area (Å²) in [5.74, 6) is -0.803. The van der Waals surface area contributed by atoms with Crippen molar-refractivity contribution >= 4 is 5.97 Å². The van der Waals surface area contributed by atoms with Crippen LogP contribution in [0.25, 0.3) is 0 Å². The summed E-state index contributed by atoms with van der Waals surface area (Å²) < 4.78 is 4.95. The minimum absolute atomic E-state index is 0.150. The number of ether oxygens (including phenoxy) is 1. The number of methoxy groups -OCH3 is 1. The van der Waals surface area contributed by atoms with Crippen LogP contribution in [0.1, 0.15) is 19.3 Å². The summed E-state index contributed by atoms with van der Waals surface area (Å²) in [5, 5.41) is 8.87. The van der Waals surface area contributed by atoms with Gasteiger partial charge in [-0.15, -0.1) is 0 Å². The number of hydrogen-bond donors (Lipinski definition) is 1.